The number of rotatable bonds is 5. The van der Waals surface area contributed by atoms with E-state index in [4.69, 9.17) is 11.6 Å². The van der Waals surface area contributed by atoms with E-state index in [9.17, 15) is 4.79 Å². The lowest BCUT2D eigenvalue weighted by Crippen LogP contribution is -2.11. The number of anilines is 1. The van der Waals surface area contributed by atoms with Gasteiger partial charge in [0.1, 0.15) is 0 Å². The summed E-state index contributed by atoms with van der Waals surface area (Å²) in [5.74, 6) is -0.0130. The largest absolute Gasteiger partial charge is 0.325 e. The van der Waals surface area contributed by atoms with E-state index in [-0.39, 0.29) is 5.91 Å². The first-order valence-electron chi connectivity index (χ1n) is 6.44. The Hall–Kier alpha value is -1.32. The molecule has 0 atom stereocenters. The van der Waals surface area contributed by atoms with Crippen LogP contribution in [0.1, 0.15) is 18.4 Å². The molecule has 0 heterocycles. The monoisotopic (exact) mass is 351 g/mol. The number of carbonyl (C=O) groups is 1. The first kappa shape index (κ1) is 15.1. The predicted octanol–water partition coefficient (Wildman–Crippen LogP) is 5.06. The van der Waals surface area contributed by atoms with Crippen molar-refractivity contribution in [3.05, 3.63) is 63.6 Å². The number of halogens is 2. The van der Waals surface area contributed by atoms with Gasteiger partial charge < -0.3 is 5.32 Å². The van der Waals surface area contributed by atoms with Gasteiger partial charge in [-0.15, -0.1) is 0 Å². The summed E-state index contributed by atoms with van der Waals surface area (Å²) >= 11 is 9.39. The Balaban J connectivity index is 1.82. The summed E-state index contributed by atoms with van der Waals surface area (Å²) in [7, 11) is 0. The number of hydrogen-bond donors (Lipinski definition) is 1. The average Bonchev–Trinajstić information content (AvgIpc) is 2.44. The Morgan fingerprint density at radius 3 is 2.65 bits per heavy atom. The van der Waals surface area contributed by atoms with Crippen molar-refractivity contribution in [2.45, 2.75) is 19.3 Å². The van der Waals surface area contributed by atoms with Gasteiger partial charge in [-0.1, -0.05) is 57.9 Å². The molecule has 2 rings (SSSR count). The minimum atomic E-state index is -0.0130. The molecule has 0 unspecified atom stereocenters. The molecule has 0 saturated carbocycles. The molecule has 104 valence electrons. The van der Waals surface area contributed by atoms with Crippen LogP contribution in [0.3, 0.4) is 0 Å². The van der Waals surface area contributed by atoms with Gasteiger partial charge in [-0.3, -0.25) is 4.79 Å². The molecule has 0 aromatic heterocycles. The summed E-state index contributed by atoms with van der Waals surface area (Å²) in [6.45, 7) is 0. The first-order valence-corrected chi connectivity index (χ1v) is 7.61. The Kier molecular flexibility index (Phi) is 5.62. The molecule has 0 aliphatic heterocycles. The van der Waals surface area contributed by atoms with Crippen LogP contribution in [0.2, 0.25) is 5.02 Å². The maximum Gasteiger partial charge on any atom is 0.224 e. The Bertz CT molecular complexity index is 586. The summed E-state index contributed by atoms with van der Waals surface area (Å²) in [4.78, 5) is 11.9. The van der Waals surface area contributed by atoms with Crippen LogP contribution in [0.4, 0.5) is 5.69 Å². The molecule has 0 aliphatic rings. The maximum absolute atomic E-state index is 11.9. The minimum Gasteiger partial charge on any atom is -0.325 e. The van der Waals surface area contributed by atoms with Gasteiger partial charge in [0.15, 0.2) is 0 Å². The third kappa shape index (κ3) is 4.66. The molecule has 1 N–H and O–H groups in total. The normalized spacial score (nSPS) is 10.3. The zero-order valence-corrected chi connectivity index (χ0v) is 13.2. The summed E-state index contributed by atoms with van der Waals surface area (Å²) in [6, 6.07) is 15.6. The molecule has 4 heteroatoms. The summed E-state index contributed by atoms with van der Waals surface area (Å²) in [5, 5.41) is 3.38. The second kappa shape index (κ2) is 7.46. The molecule has 2 aromatic rings. The van der Waals surface area contributed by atoms with E-state index in [1.165, 1.54) is 5.56 Å². The molecule has 1 amide bonds. The predicted molar refractivity (Wildman–Crippen MR) is 87.2 cm³/mol. The van der Waals surface area contributed by atoms with Crippen LogP contribution in [0.25, 0.3) is 0 Å². The van der Waals surface area contributed by atoms with Gasteiger partial charge in [0.2, 0.25) is 5.91 Å². The molecule has 0 saturated heterocycles. The molecule has 2 nitrogen and oxygen atoms in total. The fraction of sp³-hybridized carbons (Fsp3) is 0.188. The highest BCUT2D eigenvalue weighted by molar-refractivity contribution is 9.10. The molecule has 0 radical (unpaired) electrons. The van der Waals surface area contributed by atoms with Crippen molar-refractivity contribution in [2.24, 2.45) is 0 Å². The van der Waals surface area contributed by atoms with Gasteiger partial charge in [0, 0.05) is 10.9 Å². The molecular weight excluding hydrogens is 338 g/mol. The topological polar surface area (TPSA) is 29.1 Å². The van der Waals surface area contributed by atoms with Gasteiger partial charge in [-0.2, -0.15) is 0 Å². The van der Waals surface area contributed by atoms with E-state index in [0.29, 0.717) is 17.1 Å². The van der Waals surface area contributed by atoms with Crippen LogP contribution in [-0.2, 0) is 11.2 Å². The third-order valence-electron chi connectivity index (χ3n) is 2.91. The van der Waals surface area contributed by atoms with Crippen molar-refractivity contribution < 1.29 is 4.79 Å². The van der Waals surface area contributed by atoms with E-state index in [1.54, 1.807) is 12.1 Å². The fourth-order valence-corrected chi connectivity index (χ4v) is 2.43. The third-order valence-corrected chi connectivity index (χ3v) is 3.74. The Morgan fingerprint density at radius 1 is 1.15 bits per heavy atom. The lowest BCUT2D eigenvalue weighted by atomic mass is 10.1. The van der Waals surface area contributed by atoms with Gasteiger partial charge in [0.25, 0.3) is 0 Å². The number of benzene rings is 2. The van der Waals surface area contributed by atoms with Crippen molar-refractivity contribution in [2.75, 3.05) is 5.32 Å². The molecule has 0 aliphatic carbocycles. The van der Waals surface area contributed by atoms with Gasteiger partial charge in [-0.25, -0.2) is 0 Å². The van der Waals surface area contributed by atoms with Crippen molar-refractivity contribution >= 4 is 39.1 Å². The minimum absolute atomic E-state index is 0.0130. The molecule has 20 heavy (non-hydrogen) atoms. The average molecular weight is 353 g/mol. The van der Waals surface area contributed by atoms with Crippen LogP contribution >= 0.6 is 27.5 Å². The van der Waals surface area contributed by atoms with Crippen molar-refractivity contribution in [1.29, 1.82) is 0 Å². The highest BCUT2D eigenvalue weighted by atomic mass is 79.9. The zero-order chi connectivity index (χ0) is 14.4. The van der Waals surface area contributed by atoms with E-state index in [2.05, 4.69) is 33.4 Å². The lowest BCUT2D eigenvalue weighted by molar-refractivity contribution is -0.116. The summed E-state index contributed by atoms with van der Waals surface area (Å²) < 4.78 is 0.890. The first-order chi connectivity index (χ1) is 9.65. The molecule has 2 aromatic carbocycles. The molecule has 0 fully saturated rings. The number of nitrogens with one attached hydrogen (secondary N) is 1. The van der Waals surface area contributed by atoms with Gasteiger partial charge >= 0.3 is 0 Å². The van der Waals surface area contributed by atoms with E-state index >= 15 is 0 Å². The van der Waals surface area contributed by atoms with E-state index in [0.717, 1.165) is 17.3 Å². The highest BCUT2D eigenvalue weighted by Gasteiger charge is 2.06. The number of amides is 1. The second-order valence-electron chi connectivity index (χ2n) is 4.51. The van der Waals surface area contributed by atoms with Crippen LogP contribution in [0, 0.1) is 0 Å². The SMILES string of the molecule is O=C(CCCc1ccccc1)Nc1cc(Br)ccc1Cl. The van der Waals surface area contributed by atoms with Gasteiger partial charge in [0.05, 0.1) is 10.7 Å². The molecular formula is C16H15BrClNO. The molecule has 0 spiro atoms. The smallest absolute Gasteiger partial charge is 0.224 e. The Labute approximate surface area is 132 Å². The zero-order valence-electron chi connectivity index (χ0n) is 10.9. The van der Waals surface area contributed by atoms with Crippen molar-refractivity contribution in [1.82, 2.24) is 0 Å². The quantitative estimate of drug-likeness (QED) is 0.800. The van der Waals surface area contributed by atoms with Crippen molar-refractivity contribution in [3.63, 3.8) is 0 Å². The standard InChI is InChI=1S/C16H15BrClNO/c17-13-9-10-14(18)15(11-13)19-16(20)8-4-7-12-5-2-1-3-6-12/h1-3,5-6,9-11H,4,7-8H2,(H,19,20). The Morgan fingerprint density at radius 2 is 1.90 bits per heavy atom. The van der Waals surface area contributed by atoms with E-state index in [1.807, 2.05) is 24.3 Å². The summed E-state index contributed by atoms with van der Waals surface area (Å²) in [5.41, 5.74) is 1.89. The van der Waals surface area contributed by atoms with Crippen LogP contribution in [0.5, 0.6) is 0 Å². The summed E-state index contributed by atoms with van der Waals surface area (Å²) in [6.07, 6.45) is 2.21. The van der Waals surface area contributed by atoms with Crippen molar-refractivity contribution in [3.8, 4) is 0 Å². The van der Waals surface area contributed by atoms with Crippen LogP contribution < -0.4 is 5.32 Å². The highest BCUT2D eigenvalue weighted by Crippen LogP contribution is 2.25. The number of aryl methyl sites for hydroxylation is 1. The number of carbonyl (C=O) groups excluding carboxylic acids is 1. The van der Waals surface area contributed by atoms with Crippen LogP contribution in [-0.4, -0.2) is 5.91 Å². The van der Waals surface area contributed by atoms with Crippen LogP contribution in [0.15, 0.2) is 53.0 Å². The van der Waals surface area contributed by atoms with E-state index < -0.39 is 0 Å². The lowest BCUT2D eigenvalue weighted by Gasteiger charge is -2.07. The van der Waals surface area contributed by atoms with Gasteiger partial charge in [-0.05, 0) is 36.6 Å². The fourth-order valence-electron chi connectivity index (χ4n) is 1.90. The second-order valence-corrected chi connectivity index (χ2v) is 5.83. The molecule has 0 bridgehead atoms. The number of hydrogen-bond acceptors (Lipinski definition) is 1. The maximum atomic E-state index is 11.9.